The lowest BCUT2D eigenvalue weighted by molar-refractivity contribution is 0.673. The molecule has 0 atom stereocenters. The average molecular weight is 676 g/mol. The summed E-state index contributed by atoms with van der Waals surface area (Å²) in [6, 6.07) is 64.4. The lowest BCUT2D eigenvalue weighted by Gasteiger charge is -2.16. The van der Waals surface area contributed by atoms with Crippen molar-refractivity contribution < 1.29 is 4.42 Å². The Morgan fingerprint density at radius 1 is 0.396 bits per heavy atom. The van der Waals surface area contributed by atoms with E-state index in [4.69, 9.17) is 4.42 Å². The second kappa shape index (κ2) is 11.3. The number of hydrogen-bond acceptors (Lipinski definition) is 2. The highest BCUT2D eigenvalue weighted by atomic mass is 16.3. The fourth-order valence-corrected chi connectivity index (χ4v) is 8.35. The molecule has 246 valence electrons. The Bertz CT molecular complexity index is 3240. The minimum Gasteiger partial charge on any atom is -0.455 e. The van der Waals surface area contributed by atoms with E-state index in [0.717, 1.165) is 88.4 Å². The topological polar surface area (TPSA) is 46.8 Å². The number of aromatic nitrogens is 2. The molecule has 0 amide bonds. The average Bonchev–Trinajstić information content (AvgIpc) is 3.88. The highest BCUT2D eigenvalue weighted by Gasteiger charge is 2.20. The standard InChI is InChI=1S/C49H29N3O/c50-30-31-20-22-32(23-21-31)33-10-9-11-34(26-33)35-27-36(51-43-16-5-1-12-38(43)39-13-2-6-17-44(39)51)29-37(28-35)52-45-18-7-3-15-42(45)48-46(52)25-24-41-40-14-4-8-19-47(40)53-49(41)48/h1-29H. The molecule has 0 aliphatic rings. The normalized spacial score (nSPS) is 11.8. The maximum absolute atomic E-state index is 9.39. The molecule has 0 aliphatic heterocycles. The van der Waals surface area contributed by atoms with Gasteiger partial charge in [-0.05, 0) is 95.1 Å². The second-order valence-electron chi connectivity index (χ2n) is 13.7. The molecule has 0 saturated carbocycles. The summed E-state index contributed by atoms with van der Waals surface area (Å²) < 4.78 is 11.4. The molecule has 3 heterocycles. The molecule has 4 heteroatoms. The number of para-hydroxylation sites is 4. The third kappa shape index (κ3) is 4.41. The summed E-state index contributed by atoms with van der Waals surface area (Å²) in [5.41, 5.74) is 13.5. The Morgan fingerprint density at radius 3 is 1.64 bits per heavy atom. The fourth-order valence-electron chi connectivity index (χ4n) is 8.35. The summed E-state index contributed by atoms with van der Waals surface area (Å²) in [6.45, 7) is 0. The van der Waals surface area contributed by atoms with Gasteiger partial charge >= 0.3 is 0 Å². The molecule has 4 nitrogen and oxygen atoms in total. The van der Waals surface area contributed by atoms with Crippen LogP contribution in [0.15, 0.2) is 180 Å². The number of rotatable bonds is 4. The molecule has 53 heavy (non-hydrogen) atoms. The third-order valence-corrected chi connectivity index (χ3v) is 10.7. The molecule has 0 saturated heterocycles. The molecule has 0 bridgehead atoms. The molecule has 3 aromatic heterocycles. The summed E-state index contributed by atoms with van der Waals surface area (Å²) in [7, 11) is 0. The Morgan fingerprint density at radius 2 is 0.962 bits per heavy atom. The zero-order valence-corrected chi connectivity index (χ0v) is 28.5. The van der Waals surface area contributed by atoms with Gasteiger partial charge in [0.25, 0.3) is 0 Å². The lowest BCUT2D eigenvalue weighted by atomic mass is 9.97. The van der Waals surface area contributed by atoms with Gasteiger partial charge in [0.05, 0.1) is 39.1 Å². The van der Waals surface area contributed by atoms with Crippen molar-refractivity contribution in [2.24, 2.45) is 0 Å². The van der Waals surface area contributed by atoms with Crippen LogP contribution in [0.3, 0.4) is 0 Å². The first-order valence-corrected chi connectivity index (χ1v) is 17.8. The van der Waals surface area contributed by atoms with Crippen molar-refractivity contribution in [1.82, 2.24) is 9.13 Å². The molecule has 0 fully saturated rings. The van der Waals surface area contributed by atoms with E-state index in [0.29, 0.717) is 5.56 Å². The first kappa shape index (κ1) is 29.4. The third-order valence-electron chi connectivity index (χ3n) is 10.7. The predicted octanol–water partition coefficient (Wildman–Crippen LogP) is 13.0. The number of fused-ring (bicyclic) bond motifs is 10. The van der Waals surface area contributed by atoms with Crippen LogP contribution < -0.4 is 0 Å². The summed E-state index contributed by atoms with van der Waals surface area (Å²) >= 11 is 0. The van der Waals surface area contributed by atoms with Gasteiger partial charge in [0.2, 0.25) is 0 Å². The van der Waals surface area contributed by atoms with Crippen LogP contribution in [0.2, 0.25) is 0 Å². The van der Waals surface area contributed by atoms with E-state index < -0.39 is 0 Å². The first-order valence-electron chi connectivity index (χ1n) is 17.8. The van der Waals surface area contributed by atoms with Gasteiger partial charge < -0.3 is 13.6 Å². The molecule has 0 N–H and O–H groups in total. The van der Waals surface area contributed by atoms with Crippen molar-refractivity contribution in [2.75, 3.05) is 0 Å². The van der Waals surface area contributed by atoms with E-state index in [-0.39, 0.29) is 0 Å². The summed E-state index contributed by atoms with van der Waals surface area (Å²) in [6.07, 6.45) is 0. The Kier molecular flexibility index (Phi) is 6.28. The minimum atomic E-state index is 0.652. The Labute approximate surface area is 304 Å². The maximum atomic E-state index is 9.39. The maximum Gasteiger partial charge on any atom is 0.145 e. The van der Waals surface area contributed by atoms with Crippen LogP contribution in [0.5, 0.6) is 0 Å². The van der Waals surface area contributed by atoms with Crippen molar-refractivity contribution in [3.8, 4) is 39.7 Å². The SMILES string of the molecule is N#Cc1ccc(-c2cccc(-c3cc(-n4c5ccccc5c5ccccc54)cc(-n4c5ccccc5c5c6oc7ccccc7c6ccc54)c3)c2)cc1. The van der Waals surface area contributed by atoms with Crippen molar-refractivity contribution in [3.05, 3.63) is 181 Å². The highest BCUT2D eigenvalue weighted by Crippen LogP contribution is 2.42. The van der Waals surface area contributed by atoms with Gasteiger partial charge in [0, 0.05) is 38.3 Å². The minimum absolute atomic E-state index is 0.652. The first-order chi connectivity index (χ1) is 26.2. The van der Waals surface area contributed by atoms with Gasteiger partial charge in [-0.25, -0.2) is 0 Å². The van der Waals surface area contributed by atoms with Crippen molar-refractivity contribution >= 4 is 65.6 Å². The summed E-state index contributed by atoms with van der Waals surface area (Å²) in [4.78, 5) is 0. The van der Waals surface area contributed by atoms with Crippen LogP contribution in [0.4, 0.5) is 0 Å². The van der Waals surface area contributed by atoms with E-state index in [1.807, 2.05) is 36.4 Å². The van der Waals surface area contributed by atoms with Crippen molar-refractivity contribution in [1.29, 1.82) is 5.26 Å². The van der Waals surface area contributed by atoms with E-state index >= 15 is 0 Å². The molecule has 0 unspecified atom stereocenters. The van der Waals surface area contributed by atoms with E-state index in [2.05, 4.69) is 155 Å². The van der Waals surface area contributed by atoms with Gasteiger partial charge in [-0.2, -0.15) is 5.26 Å². The van der Waals surface area contributed by atoms with Gasteiger partial charge in [0.1, 0.15) is 11.2 Å². The molecule has 11 aromatic rings. The van der Waals surface area contributed by atoms with Gasteiger partial charge in [-0.3, -0.25) is 0 Å². The molecular formula is C49H29N3O. The zero-order chi connectivity index (χ0) is 35.0. The predicted molar refractivity (Wildman–Crippen MR) is 218 cm³/mol. The Balaban J connectivity index is 1.22. The number of furan rings is 1. The molecule has 0 radical (unpaired) electrons. The van der Waals surface area contributed by atoms with Crippen LogP contribution in [0.1, 0.15) is 5.56 Å². The van der Waals surface area contributed by atoms with Gasteiger partial charge in [-0.15, -0.1) is 0 Å². The lowest BCUT2D eigenvalue weighted by Crippen LogP contribution is -2.00. The number of benzene rings is 8. The quantitative estimate of drug-likeness (QED) is 0.186. The van der Waals surface area contributed by atoms with Crippen LogP contribution >= 0.6 is 0 Å². The molecule has 11 rings (SSSR count). The molecular weight excluding hydrogens is 647 g/mol. The number of nitrogens with zero attached hydrogens (tertiary/aromatic N) is 3. The Hall–Kier alpha value is -7.35. The number of nitriles is 1. The van der Waals surface area contributed by atoms with E-state index in [1.165, 1.54) is 10.8 Å². The smallest absolute Gasteiger partial charge is 0.145 e. The number of hydrogen-bond donors (Lipinski definition) is 0. The summed E-state index contributed by atoms with van der Waals surface area (Å²) in [5, 5.41) is 16.3. The van der Waals surface area contributed by atoms with Crippen LogP contribution in [-0.4, -0.2) is 9.13 Å². The summed E-state index contributed by atoms with van der Waals surface area (Å²) in [5.74, 6) is 0. The monoisotopic (exact) mass is 675 g/mol. The van der Waals surface area contributed by atoms with Crippen LogP contribution in [-0.2, 0) is 0 Å². The van der Waals surface area contributed by atoms with Gasteiger partial charge in [0.15, 0.2) is 0 Å². The van der Waals surface area contributed by atoms with Gasteiger partial charge in [-0.1, -0.05) is 103 Å². The highest BCUT2D eigenvalue weighted by molar-refractivity contribution is 6.24. The second-order valence-corrected chi connectivity index (χ2v) is 13.7. The largest absolute Gasteiger partial charge is 0.455 e. The zero-order valence-electron chi connectivity index (χ0n) is 28.5. The molecule has 0 spiro atoms. The molecule has 8 aromatic carbocycles. The van der Waals surface area contributed by atoms with Crippen molar-refractivity contribution in [3.63, 3.8) is 0 Å². The van der Waals surface area contributed by atoms with Crippen LogP contribution in [0, 0.1) is 11.3 Å². The van der Waals surface area contributed by atoms with Crippen molar-refractivity contribution in [2.45, 2.75) is 0 Å². The van der Waals surface area contributed by atoms with Crippen LogP contribution in [0.25, 0.3) is 99.2 Å². The molecule has 0 aliphatic carbocycles. The van der Waals surface area contributed by atoms with E-state index in [9.17, 15) is 5.26 Å². The fraction of sp³-hybridized carbons (Fsp3) is 0. The van der Waals surface area contributed by atoms with E-state index in [1.54, 1.807) is 0 Å².